The minimum atomic E-state index is 0. The highest BCUT2D eigenvalue weighted by molar-refractivity contribution is 14.0. The molecule has 154 valence electrons. The number of hydrogen-bond donors (Lipinski definition) is 1. The number of ether oxygens (including phenoxy) is 1. The van der Waals surface area contributed by atoms with Gasteiger partial charge in [-0.25, -0.2) is 0 Å². The van der Waals surface area contributed by atoms with Crippen LogP contribution in [-0.2, 0) is 7.05 Å². The van der Waals surface area contributed by atoms with Crippen LogP contribution in [-0.4, -0.2) is 53.9 Å². The van der Waals surface area contributed by atoms with Crippen molar-refractivity contribution in [3.8, 4) is 5.75 Å². The van der Waals surface area contributed by atoms with Gasteiger partial charge in [0, 0.05) is 39.3 Å². The minimum absolute atomic E-state index is 0. The zero-order valence-corrected chi connectivity index (χ0v) is 19.6. The van der Waals surface area contributed by atoms with Crippen LogP contribution in [0.3, 0.4) is 0 Å². The molecule has 1 aliphatic heterocycles. The predicted molar refractivity (Wildman–Crippen MR) is 125 cm³/mol. The van der Waals surface area contributed by atoms with E-state index in [9.17, 15) is 0 Å². The van der Waals surface area contributed by atoms with Crippen molar-refractivity contribution < 1.29 is 4.74 Å². The summed E-state index contributed by atoms with van der Waals surface area (Å²) in [5.74, 6) is 2.89. The first-order chi connectivity index (χ1) is 13.1. The molecule has 1 aliphatic rings. The number of benzene rings is 1. The average molecular weight is 497 g/mol. The zero-order chi connectivity index (χ0) is 19.2. The van der Waals surface area contributed by atoms with Crippen molar-refractivity contribution >= 4 is 29.9 Å². The Morgan fingerprint density at radius 1 is 1.36 bits per heavy atom. The molecule has 3 rings (SSSR count). The predicted octanol–water partition coefficient (Wildman–Crippen LogP) is 3.61. The van der Waals surface area contributed by atoms with Gasteiger partial charge in [-0.15, -0.1) is 24.0 Å². The normalized spacial score (nSPS) is 17.0. The van der Waals surface area contributed by atoms with Gasteiger partial charge in [-0.2, -0.15) is 5.10 Å². The van der Waals surface area contributed by atoms with E-state index in [1.165, 1.54) is 11.1 Å². The van der Waals surface area contributed by atoms with Gasteiger partial charge in [0.1, 0.15) is 12.4 Å². The molecule has 0 bridgehead atoms. The quantitative estimate of drug-likeness (QED) is 0.287. The van der Waals surface area contributed by atoms with Crippen molar-refractivity contribution in [1.29, 1.82) is 0 Å². The van der Waals surface area contributed by atoms with E-state index < -0.39 is 0 Å². The molecule has 1 unspecified atom stereocenters. The van der Waals surface area contributed by atoms with Crippen LogP contribution in [0.25, 0.3) is 0 Å². The molecule has 6 nitrogen and oxygen atoms in total. The molecule has 7 heteroatoms. The third-order valence-electron chi connectivity index (χ3n) is 5.08. The fourth-order valence-electron chi connectivity index (χ4n) is 3.62. The summed E-state index contributed by atoms with van der Waals surface area (Å²) in [6, 6.07) is 8.27. The zero-order valence-electron chi connectivity index (χ0n) is 17.3. The van der Waals surface area contributed by atoms with Crippen LogP contribution in [0.2, 0.25) is 0 Å². The number of rotatable bonds is 6. The van der Waals surface area contributed by atoms with Crippen molar-refractivity contribution in [2.75, 3.05) is 33.3 Å². The van der Waals surface area contributed by atoms with E-state index in [0.717, 1.165) is 37.8 Å². The Morgan fingerprint density at radius 2 is 2.14 bits per heavy atom. The maximum absolute atomic E-state index is 6.00. The third kappa shape index (κ3) is 5.62. The lowest BCUT2D eigenvalue weighted by atomic mass is 10.0. The van der Waals surface area contributed by atoms with Gasteiger partial charge in [0.05, 0.1) is 12.7 Å². The number of likely N-dealkylation sites (tertiary alicyclic amines) is 1. The molecule has 0 radical (unpaired) electrons. The first-order valence-electron chi connectivity index (χ1n) is 9.74. The first-order valence-corrected chi connectivity index (χ1v) is 9.74. The number of aromatic nitrogens is 2. The van der Waals surface area contributed by atoms with Gasteiger partial charge in [-0.05, 0) is 29.5 Å². The van der Waals surface area contributed by atoms with Gasteiger partial charge in [0.2, 0.25) is 0 Å². The third-order valence-corrected chi connectivity index (χ3v) is 5.08. The Morgan fingerprint density at radius 3 is 2.82 bits per heavy atom. The van der Waals surface area contributed by atoms with Crippen molar-refractivity contribution in [2.45, 2.75) is 32.1 Å². The highest BCUT2D eigenvalue weighted by atomic mass is 127. The largest absolute Gasteiger partial charge is 0.491 e. The van der Waals surface area contributed by atoms with Gasteiger partial charge in [0.15, 0.2) is 5.96 Å². The summed E-state index contributed by atoms with van der Waals surface area (Å²) in [6.07, 6.45) is 5.22. The standard InChI is InChI=1S/C21H31N5O.HI/c1-16(2)19-7-5-6-8-20(19)27-12-10-23-21(22-3)26-11-9-17(15-26)18-13-24-25(4)14-18;/h5-8,13-14,16-17H,9-12,15H2,1-4H3,(H,22,23);1H. The Bertz CT molecular complexity index is 774. The highest BCUT2D eigenvalue weighted by Gasteiger charge is 2.26. The minimum Gasteiger partial charge on any atom is -0.491 e. The molecule has 2 heterocycles. The molecule has 0 spiro atoms. The number of halogens is 1. The van der Waals surface area contributed by atoms with E-state index in [0.29, 0.717) is 18.4 Å². The van der Waals surface area contributed by atoms with Crippen LogP contribution in [0.15, 0.2) is 41.7 Å². The Hall–Kier alpha value is -1.77. The number of nitrogens with one attached hydrogen (secondary N) is 1. The lowest BCUT2D eigenvalue weighted by molar-refractivity contribution is 0.315. The first kappa shape index (κ1) is 22.5. The maximum atomic E-state index is 6.00. The van der Waals surface area contributed by atoms with Crippen LogP contribution in [0.1, 0.15) is 43.2 Å². The molecule has 0 aliphatic carbocycles. The monoisotopic (exact) mass is 497 g/mol. The highest BCUT2D eigenvalue weighted by Crippen LogP contribution is 2.27. The summed E-state index contributed by atoms with van der Waals surface area (Å²) in [6.45, 7) is 7.71. The van der Waals surface area contributed by atoms with E-state index in [1.807, 2.05) is 37.1 Å². The smallest absolute Gasteiger partial charge is 0.193 e. The molecule has 0 amide bonds. The lowest BCUT2D eigenvalue weighted by Gasteiger charge is -2.22. The van der Waals surface area contributed by atoms with Gasteiger partial charge in [-0.3, -0.25) is 9.67 Å². The van der Waals surface area contributed by atoms with Crippen LogP contribution in [0.4, 0.5) is 0 Å². The number of aryl methyl sites for hydroxylation is 1. The molecule has 0 saturated carbocycles. The molecule has 1 aromatic heterocycles. The maximum Gasteiger partial charge on any atom is 0.193 e. The molecular weight excluding hydrogens is 465 g/mol. The summed E-state index contributed by atoms with van der Waals surface area (Å²) in [7, 11) is 3.81. The number of guanidine groups is 1. The van der Waals surface area contributed by atoms with Gasteiger partial charge in [0.25, 0.3) is 0 Å². The molecule has 1 saturated heterocycles. The number of hydrogen-bond acceptors (Lipinski definition) is 3. The van der Waals surface area contributed by atoms with Gasteiger partial charge < -0.3 is 15.0 Å². The topological polar surface area (TPSA) is 54.7 Å². The number of aliphatic imine (C=N–C) groups is 1. The van der Waals surface area contributed by atoms with E-state index >= 15 is 0 Å². The number of nitrogens with zero attached hydrogens (tertiary/aromatic N) is 4. The second kappa shape index (κ2) is 10.7. The van der Waals surface area contributed by atoms with Crippen LogP contribution in [0.5, 0.6) is 5.75 Å². The van der Waals surface area contributed by atoms with Crippen molar-refractivity contribution in [3.05, 3.63) is 47.8 Å². The average Bonchev–Trinajstić information content (AvgIpc) is 3.31. The summed E-state index contributed by atoms with van der Waals surface area (Å²) in [4.78, 5) is 6.77. The Balaban J connectivity index is 0.00000280. The molecule has 2 aromatic rings. The second-order valence-corrected chi connectivity index (χ2v) is 7.39. The fourth-order valence-corrected chi connectivity index (χ4v) is 3.62. The van der Waals surface area contributed by atoms with Crippen molar-refractivity contribution in [2.24, 2.45) is 12.0 Å². The van der Waals surface area contributed by atoms with Crippen molar-refractivity contribution in [1.82, 2.24) is 20.0 Å². The molecule has 1 fully saturated rings. The van der Waals surface area contributed by atoms with Crippen LogP contribution in [0, 0.1) is 0 Å². The fraction of sp³-hybridized carbons (Fsp3) is 0.524. The van der Waals surface area contributed by atoms with Crippen LogP contribution < -0.4 is 10.1 Å². The Kier molecular flexibility index (Phi) is 8.59. The number of para-hydroxylation sites is 1. The van der Waals surface area contributed by atoms with E-state index in [2.05, 4.69) is 52.5 Å². The molecule has 28 heavy (non-hydrogen) atoms. The van der Waals surface area contributed by atoms with E-state index in [-0.39, 0.29) is 24.0 Å². The molecular formula is C21H32IN5O. The SMILES string of the molecule is CN=C(NCCOc1ccccc1C(C)C)N1CCC(c2cnn(C)c2)C1.I. The summed E-state index contributed by atoms with van der Waals surface area (Å²) < 4.78 is 7.87. The van der Waals surface area contributed by atoms with Crippen molar-refractivity contribution in [3.63, 3.8) is 0 Å². The van der Waals surface area contributed by atoms with Gasteiger partial charge in [-0.1, -0.05) is 32.0 Å². The summed E-state index contributed by atoms with van der Waals surface area (Å²) in [5, 5.41) is 7.73. The molecule has 1 aromatic carbocycles. The van der Waals surface area contributed by atoms with E-state index in [4.69, 9.17) is 4.74 Å². The van der Waals surface area contributed by atoms with Gasteiger partial charge >= 0.3 is 0 Å². The summed E-state index contributed by atoms with van der Waals surface area (Å²) >= 11 is 0. The lowest BCUT2D eigenvalue weighted by Crippen LogP contribution is -2.41. The molecule has 1 N–H and O–H groups in total. The van der Waals surface area contributed by atoms with Crippen LogP contribution >= 0.6 is 24.0 Å². The Labute approximate surface area is 185 Å². The van der Waals surface area contributed by atoms with E-state index in [1.54, 1.807) is 0 Å². The second-order valence-electron chi connectivity index (χ2n) is 7.39. The molecule has 1 atom stereocenters. The summed E-state index contributed by atoms with van der Waals surface area (Å²) in [5.41, 5.74) is 2.56.